The molecule has 22 heavy (non-hydrogen) atoms. The van der Waals surface area contributed by atoms with Crippen molar-refractivity contribution in [2.45, 2.75) is 13.0 Å². The van der Waals surface area contributed by atoms with Crippen LogP contribution in [0.25, 0.3) is 0 Å². The van der Waals surface area contributed by atoms with E-state index in [9.17, 15) is 14.0 Å². The largest absolute Gasteiger partial charge is 0.450 e. The molecule has 0 unspecified atom stereocenters. The van der Waals surface area contributed by atoms with E-state index in [2.05, 4.69) is 5.32 Å². The maximum Gasteiger partial charge on any atom is 0.407 e. The Hall–Kier alpha value is -2.69. The molecule has 2 aromatic rings. The van der Waals surface area contributed by atoms with Crippen LogP contribution in [0.2, 0.25) is 0 Å². The first kappa shape index (κ1) is 15.7. The van der Waals surface area contributed by atoms with Crippen molar-refractivity contribution in [3.8, 4) is 0 Å². The fraction of sp³-hybridized carbons (Fsp3) is 0.176. The van der Waals surface area contributed by atoms with E-state index in [-0.39, 0.29) is 12.4 Å². The Morgan fingerprint density at radius 2 is 1.73 bits per heavy atom. The Morgan fingerprint density at radius 3 is 2.32 bits per heavy atom. The van der Waals surface area contributed by atoms with Crippen molar-refractivity contribution >= 4 is 11.9 Å². The van der Waals surface area contributed by atoms with E-state index in [1.54, 1.807) is 37.3 Å². The van der Waals surface area contributed by atoms with Gasteiger partial charge in [0.05, 0.1) is 6.61 Å². The fourth-order valence-corrected chi connectivity index (χ4v) is 2.02. The Bertz CT molecular complexity index is 641. The van der Waals surface area contributed by atoms with E-state index in [4.69, 9.17) is 4.74 Å². The lowest BCUT2D eigenvalue weighted by Gasteiger charge is -2.18. The highest BCUT2D eigenvalue weighted by atomic mass is 19.1. The number of Topliss-reactive ketones (excluding diaryl/α,β-unsaturated/α-hetero) is 1. The Morgan fingerprint density at radius 1 is 1.09 bits per heavy atom. The van der Waals surface area contributed by atoms with Gasteiger partial charge in [-0.25, -0.2) is 9.18 Å². The average Bonchev–Trinajstić information content (AvgIpc) is 2.54. The summed E-state index contributed by atoms with van der Waals surface area (Å²) in [6.45, 7) is 1.87. The number of alkyl carbamates (subject to hydrolysis) is 1. The molecule has 0 saturated heterocycles. The first-order chi connectivity index (χ1) is 10.6. The average molecular weight is 301 g/mol. The molecule has 0 aliphatic carbocycles. The lowest BCUT2D eigenvalue weighted by atomic mass is 9.97. The fourth-order valence-electron chi connectivity index (χ4n) is 2.02. The molecule has 5 heteroatoms. The van der Waals surface area contributed by atoms with E-state index in [0.717, 1.165) is 0 Å². The molecule has 0 aliphatic rings. The number of ether oxygens (including phenoxy) is 1. The lowest BCUT2D eigenvalue weighted by molar-refractivity contribution is 0.0924. The summed E-state index contributed by atoms with van der Waals surface area (Å²) in [5, 5.41) is 2.52. The van der Waals surface area contributed by atoms with Crippen LogP contribution in [0.15, 0.2) is 54.6 Å². The SMILES string of the molecule is CCOC(=O)N[C@@H](C(=O)c1ccccc1)c1ccc(F)cc1. The van der Waals surface area contributed by atoms with Gasteiger partial charge in [-0.3, -0.25) is 4.79 Å². The lowest BCUT2D eigenvalue weighted by Crippen LogP contribution is -2.34. The number of hydrogen-bond acceptors (Lipinski definition) is 3. The molecule has 0 spiro atoms. The molecule has 0 fully saturated rings. The molecular weight excluding hydrogens is 285 g/mol. The second kappa shape index (κ2) is 7.36. The maximum absolute atomic E-state index is 13.1. The van der Waals surface area contributed by atoms with E-state index in [0.29, 0.717) is 11.1 Å². The van der Waals surface area contributed by atoms with Crippen LogP contribution in [-0.2, 0) is 4.74 Å². The maximum atomic E-state index is 13.1. The Kier molecular flexibility index (Phi) is 5.25. The normalized spacial score (nSPS) is 11.5. The van der Waals surface area contributed by atoms with Crippen LogP contribution < -0.4 is 5.32 Å². The number of amides is 1. The summed E-state index contributed by atoms with van der Waals surface area (Å²) in [6, 6.07) is 13.1. The molecule has 1 amide bonds. The predicted octanol–water partition coefficient (Wildman–Crippen LogP) is 3.50. The molecule has 0 saturated carbocycles. The van der Waals surface area contributed by atoms with E-state index in [1.807, 2.05) is 0 Å². The minimum atomic E-state index is -0.929. The predicted molar refractivity (Wildman–Crippen MR) is 80.1 cm³/mol. The number of nitrogens with one attached hydrogen (secondary N) is 1. The van der Waals surface area contributed by atoms with Crippen molar-refractivity contribution < 1.29 is 18.7 Å². The molecule has 4 nitrogen and oxygen atoms in total. The summed E-state index contributed by atoms with van der Waals surface area (Å²) in [7, 11) is 0. The van der Waals surface area contributed by atoms with Crippen molar-refractivity contribution in [1.82, 2.24) is 5.32 Å². The van der Waals surface area contributed by atoms with Gasteiger partial charge in [-0.15, -0.1) is 0 Å². The number of benzene rings is 2. The number of rotatable bonds is 5. The number of carbonyl (C=O) groups is 2. The van der Waals surface area contributed by atoms with Gasteiger partial charge < -0.3 is 10.1 Å². The first-order valence-electron chi connectivity index (χ1n) is 6.90. The molecule has 1 atom stereocenters. The molecule has 1 N–H and O–H groups in total. The highest BCUT2D eigenvalue weighted by Gasteiger charge is 2.24. The first-order valence-corrected chi connectivity index (χ1v) is 6.90. The third kappa shape index (κ3) is 3.91. The van der Waals surface area contributed by atoms with E-state index < -0.39 is 18.0 Å². The number of carbonyl (C=O) groups excluding carboxylic acids is 2. The van der Waals surface area contributed by atoms with Crippen molar-refractivity contribution in [3.05, 3.63) is 71.5 Å². The van der Waals surface area contributed by atoms with Crippen LogP contribution in [0.1, 0.15) is 28.9 Å². The van der Waals surface area contributed by atoms with Gasteiger partial charge in [0.2, 0.25) is 0 Å². The Labute approximate surface area is 127 Å². The highest BCUT2D eigenvalue weighted by molar-refractivity contribution is 6.02. The molecule has 0 heterocycles. The zero-order chi connectivity index (χ0) is 15.9. The van der Waals surface area contributed by atoms with Crippen molar-refractivity contribution in [3.63, 3.8) is 0 Å². The molecular formula is C17H16FNO3. The molecule has 0 aromatic heterocycles. The third-order valence-corrected chi connectivity index (χ3v) is 3.06. The molecule has 0 radical (unpaired) electrons. The summed E-state index contributed by atoms with van der Waals surface area (Å²) >= 11 is 0. The zero-order valence-electron chi connectivity index (χ0n) is 12.1. The third-order valence-electron chi connectivity index (χ3n) is 3.06. The molecule has 114 valence electrons. The van der Waals surface area contributed by atoms with E-state index in [1.165, 1.54) is 24.3 Å². The van der Waals surface area contributed by atoms with Crippen LogP contribution in [0.4, 0.5) is 9.18 Å². The molecule has 2 aromatic carbocycles. The van der Waals surface area contributed by atoms with E-state index >= 15 is 0 Å². The van der Waals surface area contributed by atoms with Gasteiger partial charge >= 0.3 is 6.09 Å². The minimum absolute atomic E-state index is 0.196. The summed E-state index contributed by atoms with van der Waals surface area (Å²) in [4.78, 5) is 24.3. The van der Waals surface area contributed by atoms with Crippen LogP contribution in [0.5, 0.6) is 0 Å². The minimum Gasteiger partial charge on any atom is -0.450 e. The van der Waals surface area contributed by atoms with Crippen molar-refractivity contribution in [1.29, 1.82) is 0 Å². The number of ketones is 1. The van der Waals surface area contributed by atoms with Gasteiger partial charge in [0, 0.05) is 5.56 Å². The summed E-state index contributed by atoms with van der Waals surface area (Å²) < 4.78 is 17.9. The Balaban J connectivity index is 2.30. The topological polar surface area (TPSA) is 55.4 Å². The van der Waals surface area contributed by atoms with Crippen LogP contribution >= 0.6 is 0 Å². The van der Waals surface area contributed by atoms with Gasteiger partial charge in [0.1, 0.15) is 11.9 Å². The summed E-state index contributed by atoms with van der Waals surface area (Å²) in [6.07, 6.45) is -0.693. The second-order valence-electron chi connectivity index (χ2n) is 4.58. The van der Waals surface area contributed by atoms with Gasteiger partial charge in [0.25, 0.3) is 0 Å². The van der Waals surface area contributed by atoms with Gasteiger partial charge in [-0.1, -0.05) is 42.5 Å². The summed E-state index contributed by atoms with van der Waals surface area (Å²) in [5.41, 5.74) is 0.942. The van der Waals surface area contributed by atoms with Gasteiger partial charge in [0.15, 0.2) is 5.78 Å². The zero-order valence-corrected chi connectivity index (χ0v) is 12.1. The summed E-state index contributed by atoms with van der Waals surface area (Å²) in [5.74, 6) is -0.703. The van der Waals surface area contributed by atoms with Gasteiger partial charge in [-0.05, 0) is 24.6 Å². The van der Waals surface area contributed by atoms with Crippen LogP contribution in [0, 0.1) is 5.82 Å². The molecule has 0 bridgehead atoms. The van der Waals surface area contributed by atoms with Crippen molar-refractivity contribution in [2.75, 3.05) is 6.61 Å². The number of halogens is 1. The van der Waals surface area contributed by atoms with Gasteiger partial charge in [-0.2, -0.15) is 0 Å². The highest BCUT2D eigenvalue weighted by Crippen LogP contribution is 2.19. The van der Waals surface area contributed by atoms with Crippen LogP contribution in [0.3, 0.4) is 0 Å². The second-order valence-corrected chi connectivity index (χ2v) is 4.58. The van der Waals surface area contributed by atoms with Crippen LogP contribution in [-0.4, -0.2) is 18.5 Å². The van der Waals surface area contributed by atoms with Crippen molar-refractivity contribution in [2.24, 2.45) is 0 Å². The number of hydrogen-bond donors (Lipinski definition) is 1. The molecule has 2 rings (SSSR count). The quantitative estimate of drug-likeness (QED) is 0.860. The standard InChI is InChI=1S/C17H16FNO3/c1-2-22-17(21)19-15(12-8-10-14(18)11-9-12)16(20)13-6-4-3-5-7-13/h3-11,15H,2H2,1H3,(H,19,21)/t15-/m1/s1. The monoisotopic (exact) mass is 301 g/mol. The molecule has 0 aliphatic heterocycles. The smallest absolute Gasteiger partial charge is 0.407 e.